The van der Waals surface area contributed by atoms with Crippen molar-refractivity contribution in [1.29, 1.82) is 0 Å². The van der Waals surface area contributed by atoms with Crippen LogP contribution in [-0.4, -0.2) is 35.9 Å². The van der Waals surface area contributed by atoms with Crippen molar-refractivity contribution in [1.82, 2.24) is 0 Å². The number of benzene rings is 2. The molecule has 9 nitrogen and oxygen atoms in total. The summed E-state index contributed by atoms with van der Waals surface area (Å²) in [6, 6.07) is 6.64. The lowest BCUT2D eigenvalue weighted by molar-refractivity contribution is -0.143. The van der Waals surface area contributed by atoms with E-state index >= 15 is 0 Å². The predicted octanol–water partition coefficient (Wildman–Crippen LogP) is 5.08. The van der Waals surface area contributed by atoms with Gasteiger partial charge in [0.05, 0.1) is 23.5 Å². The Balaban J connectivity index is 2.51. The van der Waals surface area contributed by atoms with Gasteiger partial charge in [-0.3, -0.25) is 14.4 Å². The molecule has 0 heterocycles. The van der Waals surface area contributed by atoms with Crippen molar-refractivity contribution >= 4 is 23.7 Å². The molecule has 0 bridgehead atoms. The molecule has 0 aromatic heterocycles. The molecule has 0 spiro atoms. The van der Waals surface area contributed by atoms with Gasteiger partial charge in [-0.1, -0.05) is 0 Å². The molecule has 35 heavy (non-hydrogen) atoms. The molecule has 0 amide bonds. The zero-order valence-corrected chi connectivity index (χ0v) is 21.1. The van der Waals surface area contributed by atoms with Gasteiger partial charge in [-0.15, -0.1) is 0 Å². The highest BCUT2D eigenvalue weighted by Gasteiger charge is 2.29. The molecular formula is C26H30O9. The Labute approximate surface area is 203 Å². The fourth-order valence-electron chi connectivity index (χ4n) is 2.61. The molecule has 0 aliphatic carbocycles. The molecule has 2 aromatic carbocycles. The highest BCUT2D eigenvalue weighted by atomic mass is 16.6. The van der Waals surface area contributed by atoms with E-state index in [2.05, 4.69) is 4.74 Å². The maximum Gasteiger partial charge on any atom is 0.345 e. The summed E-state index contributed by atoms with van der Waals surface area (Å²) in [5.41, 5.74) is -1.87. The Kier molecular flexibility index (Phi) is 7.95. The van der Waals surface area contributed by atoms with Crippen LogP contribution in [0.4, 0.5) is 0 Å². The van der Waals surface area contributed by atoms with Crippen LogP contribution in [0, 0.1) is 10.8 Å². The normalized spacial score (nSPS) is 11.4. The van der Waals surface area contributed by atoms with E-state index in [1.54, 1.807) is 41.5 Å². The van der Waals surface area contributed by atoms with Crippen LogP contribution in [0.3, 0.4) is 0 Å². The van der Waals surface area contributed by atoms with Gasteiger partial charge in [-0.05, 0) is 60.6 Å². The van der Waals surface area contributed by atoms with Crippen molar-refractivity contribution in [3.63, 3.8) is 0 Å². The van der Waals surface area contributed by atoms with Crippen molar-refractivity contribution in [2.45, 2.75) is 48.5 Å². The standard InChI is InChI=1S/C26H30O9/c1-14(27)17-10-9-15(12-19(17)34-23(30)25(2,3)4)33-16-11-18(28)21(22(29)32-8)20(13-16)35-24(31)26(5,6)7/h9-13,28H,1-8H3. The summed E-state index contributed by atoms with van der Waals surface area (Å²) in [7, 11) is 1.12. The van der Waals surface area contributed by atoms with Crippen LogP contribution in [0.5, 0.6) is 28.7 Å². The average molecular weight is 487 g/mol. The number of Topliss-reactive ketones (excluding diaryl/α,β-unsaturated/α-hetero) is 1. The van der Waals surface area contributed by atoms with E-state index in [0.717, 1.165) is 13.2 Å². The highest BCUT2D eigenvalue weighted by molar-refractivity contribution is 5.98. The van der Waals surface area contributed by atoms with Crippen LogP contribution in [0.2, 0.25) is 0 Å². The van der Waals surface area contributed by atoms with Crippen LogP contribution in [-0.2, 0) is 14.3 Å². The summed E-state index contributed by atoms with van der Waals surface area (Å²) >= 11 is 0. The number of carbonyl (C=O) groups is 4. The zero-order valence-electron chi connectivity index (χ0n) is 21.1. The maximum atomic E-state index is 12.4. The number of hydrogen-bond acceptors (Lipinski definition) is 9. The number of phenolic OH excluding ortho intramolecular Hbond substituents is 1. The lowest BCUT2D eigenvalue weighted by Crippen LogP contribution is -2.26. The predicted molar refractivity (Wildman–Crippen MR) is 126 cm³/mol. The maximum absolute atomic E-state index is 12.4. The van der Waals surface area contributed by atoms with Crippen LogP contribution in [0.25, 0.3) is 0 Å². The average Bonchev–Trinajstić information content (AvgIpc) is 2.71. The Morgan fingerprint density at radius 2 is 1.29 bits per heavy atom. The molecule has 0 saturated carbocycles. The molecule has 188 valence electrons. The van der Waals surface area contributed by atoms with Crippen LogP contribution in [0.15, 0.2) is 30.3 Å². The van der Waals surface area contributed by atoms with E-state index in [4.69, 9.17) is 14.2 Å². The summed E-state index contributed by atoms with van der Waals surface area (Å²) in [5, 5.41) is 10.5. The fraction of sp³-hybridized carbons (Fsp3) is 0.385. The first kappa shape index (κ1) is 27.4. The first-order valence-electron chi connectivity index (χ1n) is 10.8. The summed E-state index contributed by atoms with van der Waals surface area (Å²) < 4.78 is 21.3. The van der Waals surface area contributed by atoms with Crippen molar-refractivity contribution in [3.8, 4) is 28.7 Å². The minimum absolute atomic E-state index is 0.00436. The van der Waals surface area contributed by atoms with E-state index in [1.165, 1.54) is 31.2 Å². The molecule has 9 heteroatoms. The van der Waals surface area contributed by atoms with Crippen molar-refractivity contribution in [2.24, 2.45) is 10.8 Å². The molecule has 2 rings (SSSR count). The topological polar surface area (TPSA) is 125 Å². The monoisotopic (exact) mass is 486 g/mol. The van der Waals surface area contributed by atoms with Gasteiger partial charge < -0.3 is 24.1 Å². The quantitative estimate of drug-likeness (QED) is 0.338. The molecule has 0 atom stereocenters. The number of aromatic hydroxyl groups is 1. The van der Waals surface area contributed by atoms with Gasteiger partial charge >= 0.3 is 17.9 Å². The third-order valence-electron chi connectivity index (χ3n) is 4.64. The summed E-state index contributed by atoms with van der Waals surface area (Å²) in [5.74, 6) is -3.05. The van der Waals surface area contributed by atoms with Crippen molar-refractivity contribution < 1.29 is 43.2 Å². The van der Waals surface area contributed by atoms with Gasteiger partial charge in [0.25, 0.3) is 0 Å². The van der Waals surface area contributed by atoms with Crippen LogP contribution in [0.1, 0.15) is 69.2 Å². The SMILES string of the molecule is COC(=O)c1c(O)cc(Oc2ccc(C(C)=O)c(OC(=O)C(C)(C)C)c2)cc1OC(=O)C(C)(C)C. The number of rotatable bonds is 6. The molecule has 1 N–H and O–H groups in total. The van der Waals surface area contributed by atoms with E-state index in [-0.39, 0.29) is 39.9 Å². The summed E-state index contributed by atoms with van der Waals surface area (Å²) in [4.78, 5) is 49.0. The Hall–Kier alpha value is -3.88. The number of carbonyl (C=O) groups excluding carboxylic acids is 4. The summed E-state index contributed by atoms with van der Waals surface area (Å²) in [6.45, 7) is 11.3. The first-order chi connectivity index (χ1) is 16.0. The number of hydrogen-bond donors (Lipinski definition) is 1. The minimum atomic E-state index is -0.909. The van der Waals surface area contributed by atoms with Gasteiger partial charge in [0.1, 0.15) is 28.6 Å². The lowest BCUT2D eigenvalue weighted by Gasteiger charge is -2.19. The summed E-state index contributed by atoms with van der Waals surface area (Å²) in [6.07, 6.45) is 0. The smallest absolute Gasteiger partial charge is 0.345 e. The van der Waals surface area contributed by atoms with Gasteiger partial charge in [-0.2, -0.15) is 0 Å². The van der Waals surface area contributed by atoms with Gasteiger partial charge in [0.15, 0.2) is 11.5 Å². The fourth-order valence-corrected chi connectivity index (χ4v) is 2.61. The third-order valence-corrected chi connectivity index (χ3v) is 4.64. The molecule has 0 unspecified atom stereocenters. The number of ketones is 1. The number of methoxy groups -OCH3 is 1. The van der Waals surface area contributed by atoms with Crippen LogP contribution >= 0.6 is 0 Å². The van der Waals surface area contributed by atoms with Crippen molar-refractivity contribution in [2.75, 3.05) is 7.11 Å². The largest absolute Gasteiger partial charge is 0.507 e. The molecule has 0 fully saturated rings. The Morgan fingerprint density at radius 1 is 0.771 bits per heavy atom. The van der Waals surface area contributed by atoms with E-state index in [9.17, 15) is 24.3 Å². The second-order valence-electron chi connectivity index (χ2n) is 9.90. The molecular weight excluding hydrogens is 456 g/mol. The number of ether oxygens (including phenoxy) is 4. The molecule has 0 aliphatic rings. The molecule has 0 radical (unpaired) electrons. The lowest BCUT2D eigenvalue weighted by atomic mass is 9.97. The highest BCUT2D eigenvalue weighted by Crippen LogP contribution is 2.38. The second-order valence-corrected chi connectivity index (χ2v) is 9.90. The first-order valence-corrected chi connectivity index (χ1v) is 10.8. The Morgan fingerprint density at radius 3 is 1.77 bits per heavy atom. The van der Waals surface area contributed by atoms with Gasteiger partial charge in [-0.25, -0.2) is 4.79 Å². The minimum Gasteiger partial charge on any atom is -0.507 e. The molecule has 0 aliphatic heterocycles. The van der Waals surface area contributed by atoms with E-state index < -0.39 is 34.5 Å². The van der Waals surface area contributed by atoms with Gasteiger partial charge in [0, 0.05) is 18.2 Å². The van der Waals surface area contributed by atoms with Crippen LogP contribution < -0.4 is 14.2 Å². The van der Waals surface area contributed by atoms with E-state index in [0.29, 0.717) is 0 Å². The molecule has 0 saturated heterocycles. The van der Waals surface area contributed by atoms with Crippen molar-refractivity contribution in [3.05, 3.63) is 41.5 Å². The number of phenols is 1. The molecule has 2 aromatic rings. The van der Waals surface area contributed by atoms with Gasteiger partial charge in [0.2, 0.25) is 0 Å². The number of esters is 3. The third kappa shape index (κ3) is 6.81. The Bertz CT molecular complexity index is 1160. The zero-order chi connectivity index (χ0) is 26.7. The second kappa shape index (κ2) is 10.2. The van der Waals surface area contributed by atoms with E-state index in [1.807, 2.05) is 0 Å².